The zero-order chi connectivity index (χ0) is 25.4. The van der Waals surface area contributed by atoms with Crippen molar-refractivity contribution in [2.45, 2.75) is 71.7 Å². The molecule has 9 heteroatoms. The van der Waals surface area contributed by atoms with E-state index in [4.69, 9.17) is 14.7 Å². The van der Waals surface area contributed by atoms with Gasteiger partial charge in [0.05, 0.1) is 12.6 Å². The van der Waals surface area contributed by atoms with Gasteiger partial charge in [0.25, 0.3) is 5.91 Å². The van der Waals surface area contributed by atoms with Crippen molar-refractivity contribution in [3.63, 3.8) is 0 Å². The number of carbonyl (C=O) groups is 2. The summed E-state index contributed by atoms with van der Waals surface area (Å²) in [5, 5.41) is 3.57. The Hall–Kier alpha value is -3.36. The lowest BCUT2D eigenvalue weighted by Crippen LogP contribution is -2.48. The fraction of sp³-hybridized carbons (Fsp3) is 0.556. The molecule has 1 aliphatic carbocycles. The molecule has 192 valence electrons. The van der Waals surface area contributed by atoms with Crippen LogP contribution < -0.4 is 15.0 Å². The van der Waals surface area contributed by atoms with E-state index in [1.807, 2.05) is 35.8 Å². The van der Waals surface area contributed by atoms with Gasteiger partial charge in [0.15, 0.2) is 0 Å². The standard InChI is InChI=1S/C27H36N6O3/c1-17(2)33-16-23-24(26(33)35)29-27(32-14-12-31(13-15-32)19(4)34)30-25(23)28-18(3)20-8-10-22(11-9-20)36-21-6-5-7-21/h8-11,17-18,21H,5-7,12-16H2,1-4H3,(H,28,29,30)/t18-/m1/s1. The summed E-state index contributed by atoms with van der Waals surface area (Å²) in [6, 6.07) is 8.27. The van der Waals surface area contributed by atoms with Crippen molar-refractivity contribution in [1.82, 2.24) is 19.8 Å². The lowest BCUT2D eigenvalue weighted by Gasteiger charge is -2.34. The Labute approximate surface area is 212 Å². The molecule has 1 saturated carbocycles. The average molecular weight is 493 g/mol. The smallest absolute Gasteiger partial charge is 0.273 e. The lowest BCUT2D eigenvalue weighted by atomic mass is 9.96. The monoisotopic (exact) mass is 492 g/mol. The number of fused-ring (bicyclic) bond motifs is 1. The molecule has 0 bridgehead atoms. The molecule has 1 aromatic heterocycles. The third kappa shape index (κ3) is 4.83. The van der Waals surface area contributed by atoms with E-state index in [-0.39, 0.29) is 23.9 Å². The van der Waals surface area contributed by atoms with E-state index in [0.717, 1.165) is 29.7 Å². The molecule has 0 unspecified atom stereocenters. The first-order valence-electron chi connectivity index (χ1n) is 13.1. The molecule has 1 saturated heterocycles. The first-order chi connectivity index (χ1) is 17.3. The summed E-state index contributed by atoms with van der Waals surface area (Å²) in [7, 11) is 0. The number of nitrogens with one attached hydrogen (secondary N) is 1. The normalized spacial score (nSPS) is 18.8. The van der Waals surface area contributed by atoms with Crippen LogP contribution in [-0.4, -0.2) is 69.9 Å². The Balaban J connectivity index is 1.38. The van der Waals surface area contributed by atoms with Gasteiger partial charge in [-0.1, -0.05) is 12.1 Å². The molecule has 0 radical (unpaired) electrons. The number of rotatable bonds is 7. The Morgan fingerprint density at radius 3 is 2.33 bits per heavy atom. The Morgan fingerprint density at radius 2 is 1.75 bits per heavy atom. The number of anilines is 2. The second-order valence-electron chi connectivity index (χ2n) is 10.3. The van der Waals surface area contributed by atoms with Gasteiger partial charge in [-0.2, -0.15) is 4.98 Å². The van der Waals surface area contributed by atoms with Gasteiger partial charge in [0, 0.05) is 50.7 Å². The van der Waals surface area contributed by atoms with Gasteiger partial charge in [-0.15, -0.1) is 0 Å². The number of amides is 2. The van der Waals surface area contributed by atoms with Crippen LogP contribution in [0.25, 0.3) is 0 Å². The highest BCUT2D eigenvalue weighted by Gasteiger charge is 2.35. The summed E-state index contributed by atoms with van der Waals surface area (Å²) in [6.07, 6.45) is 3.87. The number of nitrogens with zero attached hydrogens (tertiary/aromatic N) is 5. The first kappa shape index (κ1) is 24.3. The largest absolute Gasteiger partial charge is 0.490 e. The maximum absolute atomic E-state index is 13.2. The quantitative estimate of drug-likeness (QED) is 0.631. The summed E-state index contributed by atoms with van der Waals surface area (Å²) in [6.45, 7) is 10.7. The fourth-order valence-corrected chi connectivity index (χ4v) is 4.88. The SMILES string of the molecule is CC(=O)N1CCN(c2nc(N[C@H](C)c3ccc(OC4CCC4)cc3)c3c(n2)C(=O)N(C(C)C)C3)CC1. The van der Waals surface area contributed by atoms with E-state index < -0.39 is 0 Å². The van der Waals surface area contributed by atoms with E-state index in [1.165, 1.54) is 6.42 Å². The van der Waals surface area contributed by atoms with Gasteiger partial charge in [0.1, 0.15) is 17.3 Å². The number of carbonyl (C=O) groups excluding carboxylic acids is 2. The van der Waals surface area contributed by atoms with Crippen molar-refractivity contribution in [2.75, 3.05) is 36.4 Å². The summed E-state index contributed by atoms with van der Waals surface area (Å²) < 4.78 is 6.00. The average Bonchev–Trinajstić information content (AvgIpc) is 3.19. The molecule has 2 aliphatic heterocycles. The fourth-order valence-electron chi connectivity index (χ4n) is 4.88. The predicted molar refractivity (Wildman–Crippen MR) is 138 cm³/mol. The van der Waals surface area contributed by atoms with E-state index in [9.17, 15) is 9.59 Å². The zero-order valence-corrected chi connectivity index (χ0v) is 21.7. The molecule has 0 spiro atoms. The van der Waals surface area contributed by atoms with Crippen molar-refractivity contribution < 1.29 is 14.3 Å². The summed E-state index contributed by atoms with van der Waals surface area (Å²) >= 11 is 0. The van der Waals surface area contributed by atoms with Crippen LogP contribution in [0.1, 0.15) is 74.6 Å². The third-order valence-electron chi connectivity index (χ3n) is 7.51. The number of ether oxygens (including phenoxy) is 1. The van der Waals surface area contributed by atoms with Gasteiger partial charge in [-0.3, -0.25) is 9.59 Å². The van der Waals surface area contributed by atoms with Crippen molar-refractivity contribution in [2.24, 2.45) is 0 Å². The van der Waals surface area contributed by atoms with Crippen LogP contribution in [0.3, 0.4) is 0 Å². The molecule has 1 atom stereocenters. The van der Waals surface area contributed by atoms with Crippen LogP contribution in [0, 0.1) is 0 Å². The molecule has 1 N–H and O–H groups in total. The molecule has 2 fully saturated rings. The molecular formula is C27H36N6O3. The van der Waals surface area contributed by atoms with Crippen LogP contribution >= 0.6 is 0 Å². The number of hydrogen-bond donors (Lipinski definition) is 1. The number of hydrogen-bond acceptors (Lipinski definition) is 7. The van der Waals surface area contributed by atoms with Gasteiger partial charge >= 0.3 is 0 Å². The molecule has 36 heavy (non-hydrogen) atoms. The first-order valence-corrected chi connectivity index (χ1v) is 13.1. The van der Waals surface area contributed by atoms with Gasteiger partial charge < -0.3 is 24.8 Å². The highest BCUT2D eigenvalue weighted by Crippen LogP contribution is 2.33. The molecule has 3 aliphatic rings. The summed E-state index contributed by atoms with van der Waals surface area (Å²) in [5.74, 6) is 2.16. The molecule has 2 amide bonds. The van der Waals surface area contributed by atoms with Crippen molar-refractivity contribution in [3.8, 4) is 5.75 Å². The lowest BCUT2D eigenvalue weighted by molar-refractivity contribution is -0.129. The van der Waals surface area contributed by atoms with E-state index >= 15 is 0 Å². The summed E-state index contributed by atoms with van der Waals surface area (Å²) in [4.78, 5) is 40.3. The van der Waals surface area contributed by atoms with E-state index in [2.05, 4.69) is 29.3 Å². The third-order valence-corrected chi connectivity index (χ3v) is 7.51. The Kier molecular flexibility index (Phi) is 6.73. The predicted octanol–water partition coefficient (Wildman–Crippen LogP) is 3.61. The molecule has 2 aromatic rings. The maximum atomic E-state index is 13.2. The second-order valence-corrected chi connectivity index (χ2v) is 10.3. The van der Waals surface area contributed by atoms with Gasteiger partial charge in [-0.25, -0.2) is 4.98 Å². The molecular weight excluding hydrogens is 456 g/mol. The number of benzene rings is 1. The van der Waals surface area contributed by atoms with Gasteiger partial charge in [0.2, 0.25) is 11.9 Å². The van der Waals surface area contributed by atoms with Crippen LogP contribution in [0.15, 0.2) is 24.3 Å². The van der Waals surface area contributed by atoms with Gasteiger partial charge in [-0.05, 0) is 57.7 Å². The highest BCUT2D eigenvalue weighted by molar-refractivity contribution is 5.98. The van der Waals surface area contributed by atoms with Crippen LogP contribution in [-0.2, 0) is 11.3 Å². The number of aromatic nitrogens is 2. The van der Waals surface area contributed by atoms with Crippen molar-refractivity contribution >= 4 is 23.6 Å². The maximum Gasteiger partial charge on any atom is 0.273 e. The minimum Gasteiger partial charge on any atom is -0.490 e. The molecule has 3 heterocycles. The molecule has 9 nitrogen and oxygen atoms in total. The second kappa shape index (κ2) is 9.95. The van der Waals surface area contributed by atoms with Crippen LogP contribution in [0.5, 0.6) is 5.75 Å². The zero-order valence-electron chi connectivity index (χ0n) is 21.7. The van der Waals surface area contributed by atoms with E-state index in [1.54, 1.807) is 6.92 Å². The molecule has 1 aromatic carbocycles. The van der Waals surface area contributed by atoms with Crippen LogP contribution in [0.4, 0.5) is 11.8 Å². The van der Waals surface area contributed by atoms with Crippen molar-refractivity contribution in [1.29, 1.82) is 0 Å². The molecule has 5 rings (SSSR count). The number of piperazine rings is 1. The van der Waals surface area contributed by atoms with E-state index in [0.29, 0.717) is 56.3 Å². The minimum atomic E-state index is -0.0563. The topological polar surface area (TPSA) is 90.9 Å². The van der Waals surface area contributed by atoms with Crippen LogP contribution in [0.2, 0.25) is 0 Å². The Bertz CT molecular complexity index is 1120. The summed E-state index contributed by atoms with van der Waals surface area (Å²) in [5.41, 5.74) is 2.43. The highest BCUT2D eigenvalue weighted by atomic mass is 16.5. The minimum absolute atomic E-state index is 0.0210. The Morgan fingerprint density at radius 1 is 1.06 bits per heavy atom. The van der Waals surface area contributed by atoms with Crippen molar-refractivity contribution in [3.05, 3.63) is 41.1 Å².